The van der Waals surface area contributed by atoms with Gasteiger partial charge in [0.15, 0.2) is 5.65 Å². The molecule has 0 radical (unpaired) electrons. The van der Waals surface area contributed by atoms with E-state index in [1.807, 2.05) is 17.6 Å². The molecule has 5 heteroatoms. The molecule has 0 N–H and O–H groups in total. The molecule has 0 fully saturated rings. The van der Waals surface area contributed by atoms with Gasteiger partial charge in [0.1, 0.15) is 11.3 Å². The molecular weight excluding hydrogens is 214 g/mol. The van der Waals surface area contributed by atoms with E-state index in [2.05, 4.69) is 9.97 Å². The number of ether oxygens (including phenoxy) is 1. The molecule has 0 aromatic carbocycles. The average molecular weight is 226 g/mol. The quantitative estimate of drug-likeness (QED) is 0.752. The van der Waals surface area contributed by atoms with Gasteiger partial charge in [-0.15, -0.1) is 11.6 Å². The summed E-state index contributed by atoms with van der Waals surface area (Å²) in [6.07, 6.45) is 0. The second-order valence-corrected chi connectivity index (χ2v) is 3.37. The van der Waals surface area contributed by atoms with E-state index in [0.29, 0.717) is 11.8 Å². The smallest absolute Gasteiger partial charge is 0.215 e. The Morgan fingerprint density at radius 3 is 2.80 bits per heavy atom. The Hall–Kier alpha value is -1.29. The second-order valence-electron chi connectivity index (χ2n) is 3.10. The van der Waals surface area contributed by atoms with Crippen LogP contribution in [0.1, 0.15) is 12.7 Å². The van der Waals surface area contributed by atoms with Crippen LogP contribution in [0.15, 0.2) is 12.1 Å². The number of rotatable bonds is 3. The van der Waals surface area contributed by atoms with E-state index in [4.69, 9.17) is 16.3 Å². The molecule has 0 amide bonds. The van der Waals surface area contributed by atoms with Crippen LogP contribution in [-0.2, 0) is 12.4 Å². The molecule has 0 aliphatic carbocycles. The Morgan fingerprint density at radius 2 is 2.20 bits per heavy atom. The molecule has 0 aliphatic heterocycles. The van der Waals surface area contributed by atoms with E-state index < -0.39 is 0 Å². The molecule has 2 aromatic rings. The van der Waals surface area contributed by atoms with Crippen molar-refractivity contribution in [1.82, 2.24) is 14.5 Å². The van der Waals surface area contributed by atoms with Crippen LogP contribution in [0.3, 0.4) is 0 Å². The zero-order valence-electron chi connectivity index (χ0n) is 8.70. The van der Waals surface area contributed by atoms with Gasteiger partial charge in [0, 0.05) is 12.6 Å². The van der Waals surface area contributed by atoms with Gasteiger partial charge < -0.3 is 9.30 Å². The lowest BCUT2D eigenvalue weighted by atomic mass is 10.4. The van der Waals surface area contributed by atoms with Gasteiger partial charge in [0.05, 0.1) is 13.0 Å². The molecule has 0 spiro atoms. The summed E-state index contributed by atoms with van der Waals surface area (Å²) in [5.41, 5.74) is 1.68. The van der Waals surface area contributed by atoms with E-state index in [1.54, 1.807) is 13.2 Å². The molecule has 2 aromatic heterocycles. The normalized spacial score (nSPS) is 10.9. The first-order valence-electron chi connectivity index (χ1n) is 4.76. The maximum absolute atomic E-state index is 5.81. The fraction of sp³-hybridized carbons (Fsp3) is 0.400. The van der Waals surface area contributed by atoms with Crippen LogP contribution in [-0.4, -0.2) is 21.6 Å². The number of halogens is 1. The standard InChI is InChI=1S/C10H12ClN3O/c1-3-14-8(6-11)12-7-4-5-9(15-2)13-10(7)14/h4-5H,3,6H2,1-2H3. The maximum Gasteiger partial charge on any atom is 0.215 e. The third kappa shape index (κ3) is 1.65. The Bertz CT molecular complexity index is 481. The zero-order valence-corrected chi connectivity index (χ0v) is 9.45. The van der Waals surface area contributed by atoms with Crippen molar-refractivity contribution in [3.05, 3.63) is 18.0 Å². The molecule has 4 nitrogen and oxygen atoms in total. The fourth-order valence-electron chi connectivity index (χ4n) is 1.58. The summed E-state index contributed by atoms with van der Waals surface area (Å²) >= 11 is 5.81. The summed E-state index contributed by atoms with van der Waals surface area (Å²) in [5, 5.41) is 0. The fourth-order valence-corrected chi connectivity index (χ4v) is 1.78. The van der Waals surface area contributed by atoms with Gasteiger partial charge in [-0.05, 0) is 13.0 Å². The van der Waals surface area contributed by atoms with Crippen LogP contribution in [0.2, 0.25) is 0 Å². The topological polar surface area (TPSA) is 39.9 Å². The van der Waals surface area contributed by atoms with Gasteiger partial charge in [-0.2, -0.15) is 4.98 Å². The molecule has 2 rings (SSSR count). The van der Waals surface area contributed by atoms with Crippen molar-refractivity contribution < 1.29 is 4.74 Å². The van der Waals surface area contributed by atoms with Gasteiger partial charge in [-0.3, -0.25) is 0 Å². The van der Waals surface area contributed by atoms with Crippen LogP contribution >= 0.6 is 11.6 Å². The molecule has 0 bridgehead atoms. The monoisotopic (exact) mass is 225 g/mol. The first kappa shape index (κ1) is 10.2. The predicted molar refractivity (Wildman–Crippen MR) is 59.3 cm³/mol. The van der Waals surface area contributed by atoms with Crippen molar-refractivity contribution in [3.63, 3.8) is 0 Å². The van der Waals surface area contributed by atoms with Gasteiger partial charge in [0.25, 0.3) is 0 Å². The summed E-state index contributed by atoms with van der Waals surface area (Å²) in [4.78, 5) is 8.74. The largest absolute Gasteiger partial charge is 0.481 e. The highest BCUT2D eigenvalue weighted by Gasteiger charge is 2.10. The highest BCUT2D eigenvalue weighted by atomic mass is 35.5. The van der Waals surface area contributed by atoms with Gasteiger partial charge >= 0.3 is 0 Å². The molecule has 0 saturated heterocycles. The van der Waals surface area contributed by atoms with Crippen molar-refractivity contribution >= 4 is 22.8 Å². The van der Waals surface area contributed by atoms with Crippen molar-refractivity contribution in [2.75, 3.05) is 7.11 Å². The third-order valence-electron chi connectivity index (χ3n) is 2.29. The summed E-state index contributed by atoms with van der Waals surface area (Å²) in [6, 6.07) is 3.69. The molecule has 0 unspecified atom stereocenters. The number of hydrogen-bond acceptors (Lipinski definition) is 3. The van der Waals surface area contributed by atoms with Gasteiger partial charge in [0.2, 0.25) is 5.88 Å². The molecule has 0 saturated carbocycles. The number of aromatic nitrogens is 3. The highest BCUT2D eigenvalue weighted by molar-refractivity contribution is 6.16. The predicted octanol–water partition coefficient (Wildman–Crippen LogP) is 2.20. The average Bonchev–Trinajstić information content (AvgIpc) is 2.65. The van der Waals surface area contributed by atoms with E-state index in [9.17, 15) is 0 Å². The van der Waals surface area contributed by atoms with Crippen LogP contribution in [0.4, 0.5) is 0 Å². The molecular formula is C10H12ClN3O. The molecule has 80 valence electrons. The van der Waals surface area contributed by atoms with Crippen molar-refractivity contribution in [3.8, 4) is 5.88 Å². The molecule has 0 aliphatic rings. The minimum absolute atomic E-state index is 0.395. The summed E-state index contributed by atoms with van der Waals surface area (Å²) in [5.74, 6) is 1.83. The molecule has 2 heterocycles. The molecule has 15 heavy (non-hydrogen) atoms. The zero-order chi connectivity index (χ0) is 10.8. The minimum Gasteiger partial charge on any atom is -0.481 e. The first-order valence-corrected chi connectivity index (χ1v) is 5.29. The Morgan fingerprint density at radius 1 is 1.40 bits per heavy atom. The first-order chi connectivity index (χ1) is 7.30. The number of pyridine rings is 1. The third-order valence-corrected chi connectivity index (χ3v) is 2.53. The van der Waals surface area contributed by atoms with Gasteiger partial charge in [-0.1, -0.05) is 0 Å². The Labute approximate surface area is 92.8 Å². The van der Waals surface area contributed by atoms with Crippen molar-refractivity contribution in [1.29, 1.82) is 0 Å². The lowest BCUT2D eigenvalue weighted by Crippen LogP contribution is -2.00. The maximum atomic E-state index is 5.81. The summed E-state index contributed by atoms with van der Waals surface area (Å²) < 4.78 is 7.07. The van der Waals surface area contributed by atoms with E-state index in [-0.39, 0.29) is 0 Å². The number of methoxy groups -OCH3 is 1. The number of imidazole rings is 1. The Balaban J connectivity index is 2.67. The van der Waals surface area contributed by atoms with Crippen molar-refractivity contribution in [2.45, 2.75) is 19.3 Å². The minimum atomic E-state index is 0.395. The number of hydrogen-bond donors (Lipinski definition) is 0. The molecule has 0 atom stereocenters. The number of alkyl halides is 1. The van der Waals surface area contributed by atoms with Crippen molar-refractivity contribution in [2.24, 2.45) is 0 Å². The van der Waals surface area contributed by atoms with Crippen LogP contribution < -0.4 is 4.74 Å². The SMILES string of the molecule is CCn1c(CCl)nc2ccc(OC)nc21. The lowest BCUT2D eigenvalue weighted by molar-refractivity contribution is 0.399. The van der Waals surface area contributed by atoms with E-state index >= 15 is 0 Å². The summed E-state index contributed by atoms with van der Waals surface area (Å²) in [7, 11) is 1.60. The number of aryl methyl sites for hydroxylation is 1. The Kier molecular flexibility index (Phi) is 2.77. The van der Waals surface area contributed by atoms with Crippen LogP contribution in [0.5, 0.6) is 5.88 Å². The lowest BCUT2D eigenvalue weighted by Gasteiger charge is -2.03. The highest BCUT2D eigenvalue weighted by Crippen LogP contribution is 2.18. The van der Waals surface area contributed by atoms with E-state index in [0.717, 1.165) is 23.5 Å². The van der Waals surface area contributed by atoms with E-state index in [1.165, 1.54) is 0 Å². The summed E-state index contributed by atoms with van der Waals surface area (Å²) in [6.45, 7) is 2.84. The second kappa shape index (κ2) is 4.06. The van der Waals surface area contributed by atoms with Gasteiger partial charge in [-0.25, -0.2) is 4.98 Å². The number of nitrogens with zero attached hydrogens (tertiary/aromatic N) is 3. The van der Waals surface area contributed by atoms with Crippen LogP contribution in [0, 0.1) is 0 Å². The van der Waals surface area contributed by atoms with Crippen LogP contribution in [0.25, 0.3) is 11.2 Å². The number of fused-ring (bicyclic) bond motifs is 1.